The first-order valence-corrected chi connectivity index (χ1v) is 30.3. The van der Waals surface area contributed by atoms with Crippen LogP contribution in [0.4, 0.5) is 0 Å². The fraction of sp³-hybridized carbons (Fsp3) is 0.958. The Hall–Kier alpha value is -1.72. The summed E-state index contributed by atoms with van der Waals surface area (Å²) in [6.07, 6.45) is -66.8. The van der Waals surface area contributed by atoms with E-state index < -0.39 is 272 Å². The van der Waals surface area contributed by atoms with E-state index in [1.165, 1.54) is 0 Å². The molecule has 40 heteroatoms. The molecule has 0 aromatic rings. The van der Waals surface area contributed by atoms with Crippen LogP contribution in [0.1, 0.15) is 6.42 Å². The minimum Gasteiger partial charge on any atom is -0.480 e. The second-order valence-corrected chi connectivity index (χ2v) is 24.3. The van der Waals surface area contributed by atoms with E-state index in [1.807, 2.05) is 0 Å². The standard InChI is InChI=1S/C48H80N2O36S2/c49-11(40(69)70)7-87-9-20-38-26(61)28(63)43(79-20)73-14-1-13(56)42(74-15(14)2-51)81-34-16(3-52)75-46(29(64)22(34)57)86-39-21(10-88-8-12(50)41(71)72)80-48(33(68)27(39)62)84-37-19(6-55)77-45(31(66)24(37)59)82-35-17(4-53)76-44(30(65)23(35)58)83-36-18(5-54)78-47(85-38)32(67)25(36)60/h11-39,42-48,51-68H,1-10,49-50H2,(H,69,70)(H,71,72)/t11-,12-,13?,14+,15?,16?,17?,18?,19?,20?,21?,22-,23-,24-,25-,26-,27-,28?,29?,30?,31?,32?,33?,34-,35-,36-,37-,38-,39-,42+,43+,44-,45-,46+,47?,48+/m1/s1. The molecule has 21 fully saturated rings. The van der Waals surface area contributed by atoms with Gasteiger partial charge in [-0.2, -0.15) is 23.5 Å². The molecule has 21 aliphatic heterocycles. The zero-order valence-electron chi connectivity index (χ0n) is 46.3. The Morgan fingerprint density at radius 2 is 0.557 bits per heavy atom. The maximum absolute atomic E-state index is 11.7. The van der Waals surface area contributed by atoms with Crippen molar-refractivity contribution in [1.82, 2.24) is 0 Å². The summed E-state index contributed by atoms with van der Waals surface area (Å²) in [6.45, 7) is -5.14. The largest absolute Gasteiger partial charge is 0.480 e. The molecule has 36 atom stereocenters. The molecule has 38 nitrogen and oxygen atoms in total. The van der Waals surface area contributed by atoms with E-state index in [4.69, 9.17) is 77.8 Å². The van der Waals surface area contributed by atoms with E-state index >= 15 is 0 Å². The summed E-state index contributed by atoms with van der Waals surface area (Å²) in [6, 6.07) is -2.88. The molecule has 0 aliphatic carbocycles. The summed E-state index contributed by atoms with van der Waals surface area (Å²) in [5, 5.41) is 221. The van der Waals surface area contributed by atoms with Crippen molar-refractivity contribution < 1.29 is 178 Å². The Kier molecular flexibility index (Phi) is 26.0. The molecule has 0 saturated carbocycles. The quantitative estimate of drug-likeness (QED) is 0.0724. The average molecular weight is 1330 g/mol. The molecule has 21 rings (SSSR count). The zero-order chi connectivity index (χ0) is 64.3. The predicted molar refractivity (Wildman–Crippen MR) is 279 cm³/mol. The lowest BCUT2D eigenvalue weighted by molar-refractivity contribution is -0.395. The highest BCUT2D eigenvalue weighted by Crippen LogP contribution is 2.39. The Morgan fingerprint density at radius 3 is 0.818 bits per heavy atom. The molecule has 0 amide bonds. The van der Waals surface area contributed by atoms with Crippen molar-refractivity contribution in [3.05, 3.63) is 0 Å². The Labute approximate surface area is 507 Å². The van der Waals surface area contributed by atoms with E-state index in [0.29, 0.717) is 0 Å². The molecule has 88 heavy (non-hydrogen) atoms. The molecule has 21 aliphatic rings. The smallest absolute Gasteiger partial charge is 0.321 e. The maximum Gasteiger partial charge on any atom is 0.321 e. The van der Waals surface area contributed by atoms with Crippen LogP contribution in [0, 0.1) is 0 Å². The van der Waals surface area contributed by atoms with Crippen LogP contribution in [-0.4, -0.2) is 391 Å². The predicted octanol–water partition coefficient (Wildman–Crippen LogP) is -13.9. The number of hydrogen-bond acceptors (Lipinski definition) is 38. The highest BCUT2D eigenvalue weighted by atomic mass is 32.2. The SMILES string of the molecule is N[C@H](CSCC1O[C@@H]2O[C@H]3CC(O)[C@@H](OC3CO)O[C@@H]3C(CO)O[C@@H](O[C@@H]4C(CSC[C@@H](N)C(=O)O)O[C@@H](O[C@@H]5C(CO)O[C@H](O[C@@H]6C(CO)O[C@H](O[C@@H]7C(CO)OC(O[C@H]1[C@H](O)C2O)C(O)[C@H]7O)C(O)[C@H]6O)C(O)[C@H]5O)C(O)[C@H]4O)C(O)[C@H]3O)C(=O)O. The number of rotatable bonds is 15. The molecule has 0 radical (unpaired) electrons. The Morgan fingerprint density at radius 1 is 0.330 bits per heavy atom. The van der Waals surface area contributed by atoms with Gasteiger partial charge in [0, 0.05) is 29.4 Å². The summed E-state index contributed by atoms with van der Waals surface area (Å²) < 4.78 is 82.2. The van der Waals surface area contributed by atoms with Gasteiger partial charge in [0.2, 0.25) is 0 Å². The summed E-state index contributed by atoms with van der Waals surface area (Å²) in [5.74, 6) is -4.07. The Balaban J connectivity index is 1.10. The van der Waals surface area contributed by atoms with Crippen molar-refractivity contribution >= 4 is 35.5 Å². The molecule has 0 spiro atoms. The molecule has 21 heterocycles. The van der Waals surface area contributed by atoms with Crippen LogP contribution in [0.25, 0.3) is 0 Å². The number of aliphatic carboxylic acids is 2. The molecule has 15 unspecified atom stereocenters. The number of nitrogens with two attached hydrogens (primary N) is 2. The van der Waals surface area contributed by atoms with Crippen LogP contribution in [0.2, 0.25) is 0 Å². The third kappa shape index (κ3) is 15.8. The summed E-state index contributed by atoms with van der Waals surface area (Å²) in [7, 11) is 0. The minimum absolute atomic E-state index is 0.276. The second-order valence-electron chi connectivity index (χ2n) is 22.1. The number of ether oxygens (including phenoxy) is 14. The Bertz CT molecular complexity index is 2190. The number of thioether (sulfide) groups is 2. The highest BCUT2D eigenvalue weighted by molar-refractivity contribution is 7.99. The first kappa shape index (κ1) is 72.1. The van der Waals surface area contributed by atoms with Gasteiger partial charge < -0.3 is 180 Å². The van der Waals surface area contributed by atoms with E-state index in [9.17, 15) is 112 Å². The van der Waals surface area contributed by atoms with Crippen LogP contribution < -0.4 is 11.5 Å². The molecular formula is C48H80N2O36S2. The fourth-order valence-electron chi connectivity index (χ4n) is 11.1. The average Bonchev–Trinajstić information content (AvgIpc) is 1.18. The van der Waals surface area contributed by atoms with E-state index in [2.05, 4.69) is 0 Å². The van der Waals surface area contributed by atoms with Crippen LogP contribution in [0.3, 0.4) is 0 Å². The lowest BCUT2D eigenvalue weighted by atomic mass is 9.95. The van der Waals surface area contributed by atoms with Gasteiger partial charge in [0.1, 0.15) is 159 Å². The highest BCUT2D eigenvalue weighted by Gasteiger charge is 2.59. The van der Waals surface area contributed by atoms with E-state index in [0.717, 1.165) is 23.5 Å². The second kappa shape index (κ2) is 31.7. The van der Waals surface area contributed by atoms with Crippen LogP contribution in [-0.2, 0) is 75.9 Å². The van der Waals surface area contributed by atoms with Gasteiger partial charge in [0.15, 0.2) is 44.0 Å². The van der Waals surface area contributed by atoms with Crippen molar-refractivity contribution in [2.75, 3.05) is 56.0 Å². The summed E-state index contributed by atoms with van der Waals surface area (Å²) >= 11 is 1.67. The molecule has 510 valence electrons. The lowest BCUT2D eigenvalue weighted by Crippen LogP contribution is -2.68. The van der Waals surface area contributed by atoms with Crippen molar-refractivity contribution in [2.45, 2.75) is 227 Å². The van der Waals surface area contributed by atoms with Crippen molar-refractivity contribution in [3.8, 4) is 0 Å². The molecule has 24 N–H and O–H groups in total. The van der Waals surface area contributed by atoms with Gasteiger partial charge in [-0.05, 0) is 0 Å². The van der Waals surface area contributed by atoms with Gasteiger partial charge >= 0.3 is 11.9 Å². The van der Waals surface area contributed by atoms with Gasteiger partial charge in [-0.3, -0.25) is 9.59 Å². The minimum atomic E-state index is -2.24. The first-order chi connectivity index (χ1) is 41.8. The normalized spacial score (nSPS) is 49.7. The molecule has 0 aromatic carbocycles. The van der Waals surface area contributed by atoms with Crippen molar-refractivity contribution in [3.63, 3.8) is 0 Å². The number of hydrogen-bond donors (Lipinski definition) is 22. The lowest BCUT2D eigenvalue weighted by Gasteiger charge is -2.50. The zero-order valence-corrected chi connectivity index (χ0v) is 47.9. The molecule has 21 saturated heterocycles. The van der Waals surface area contributed by atoms with E-state index in [-0.39, 0.29) is 23.0 Å². The number of carboxylic acid groups (broad SMARTS) is 2. The van der Waals surface area contributed by atoms with Gasteiger partial charge in [-0.1, -0.05) is 0 Å². The monoisotopic (exact) mass is 1320 g/mol. The van der Waals surface area contributed by atoms with Crippen LogP contribution in [0.5, 0.6) is 0 Å². The third-order valence-corrected chi connectivity index (χ3v) is 18.4. The van der Waals surface area contributed by atoms with Crippen LogP contribution >= 0.6 is 23.5 Å². The van der Waals surface area contributed by atoms with Gasteiger partial charge in [0.05, 0.1) is 51.3 Å². The third-order valence-electron chi connectivity index (χ3n) is 16.1. The summed E-state index contributed by atoms with van der Waals surface area (Å²) in [4.78, 5) is 23.2. The number of aliphatic hydroxyl groups is 18. The van der Waals surface area contributed by atoms with Crippen molar-refractivity contribution in [1.29, 1.82) is 0 Å². The van der Waals surface area contributed by atoms with Gasteiger partial charge in [-0.15, -0.1) is 0 Å². The van der Waals surface area contributed by atoms with Gasteiger partial charge in [0.25, 0.3) is 0 Å². The number of aliphatic hydroxyl groups excluding tert-OH is 18. The maximum atomic E-state index is 11.7. The van der Waals surface area contributed by atoms with Crippen molar-refractivity contribution in [2.24, 2.45) is 11.5 Å². The number of carboxylic acids is 2. The first-order valence-electron chi connectivity index (χ1n) is 27.9. The summed E-state index contributed by atoms with van der Waals surface area (Å²) in [5.41, 5.74) is 11.4. The van der Waals surface area contributed by atoms with Gasteiger partial charge in [-0.25, -0.2) is 0 Å². The molecule has 0 aromatic heterocycles. The molecular weight excluding hydrogens is 1240 g/mol. The van der Waals surface area contributed by atoms with Crippen LogP contribution in [0.15, 0.2) is 0 Å². The van der Waals surface area contributed by atoms with E-state index in [1.54, 1.807) is 0 Å². The number of carbonyl (C=O) groups is 2. The topological polar surface area (TPSA) is 620 Å². The molecule has 14 bridgehead atoms. The fourth-order valence-corrected chi connectivity index (χ4v) is 13.2.